The zero-order valence-corrected chi connectivity index (χ0v) is 14.5. The highest BCUT2D eigenvalue weighted by atomic mass is 79.9. The maximum atomic E-state index is 13.8. The molecule has 1 aromatic carbocycles. The standard InChI is InChI=1S/C17H16BrFN2O2/c1-3-23-9-6-17(7-9)15-10-4-11(18)12(19)5-13(10)20-8-14(15)21(2)16(17)22/h4-5,8-9H,3,6-7H2,1-2H3. The lowest BCUT2D eigenvalue weighted by Crippen LogP contribution is -2.52. The van der Waals surface area contributed by atoms with E-state index in [0.29, 0.717) is 29.4 Å². The summed E-state index contributed by atoms with van der Waals surface area (Å²) in [6, 6.07) is 3.15. The number of likely N-dealkylation sites (N-methyl/N-ethyl adjacent to an activating group) is 1. The minimum absolute atomic E-state index is 0.0817. The third-order valence-electron chi connectivity index (χ3n) is 5.00. The van der Waals surface area contributed by atoms with Crippen LogP contribution < -0.4 is 4.90 Å². The quantitative estimate of drug-likeness (QED) is 0.802. The number of fused-ring (bicyclic) bond motifs is 4. The van der Waals surface area contributed by atoms with E-state index < -0.39 is 5.41 Å². The van der Waals surface area contributed by atoms with Gasteiger partial charge < -0.3 is 9.64 Å². The van der Waals surface area contributed by atoms with Gasteiger partial charge in [-0.3, -0.25) is 9.78 Å². The van der Waals surface area contributed by atoms with E-state index in [1.807, 2.05) is 6.92 Å². The van der Waals surface area contributed by atoms with Gasteiger partial charge in [-0.2, -0.15) is 0 Å². The van der Waals surface area contributed by atoms with Gasteiger partial charge in [0.25, 0.3) is 0 Å². The molecule has 0 radical (unpaired) electrons. The zero-order chi connectivity index (χ0) is 16.4. The normalized spacial score (nSPS) is 26.0. The minimum Gasteiger partial charge on any atom is -0.378 e. The van der Waals surface area contributed by atoms with Crippen molar-refractivity contribution in [2.24, 2.45) is 0 Å². The number of carbonyl (C=O) groups is 1. The van der Waals surface area contributed by atoms with Crippen LogP contribution in [0.25, 0.3) is 10.9 Å². The molecule has 1 aliphatic carbocycles. The van der Waals surface area contributed by atoms with Crippen LogP contribution in [0, 0.1) is 5.82 Å². The Morgan fingerprint density at radius 3 is 2.91 bits per heavy atom. The highest BCUT2D eigenvalue weighted by Crippen LogP contribution is 2.56. The molecule has 120 valence electrons. The number of hydrogen-bond acceptors (Lipinski definition) is 3. The maximum Gasteiger partial charge on any atom is 0.237 e. The van der Waals surface area contributed by atoms with Crippen molar-refractivity contribution < 1.29 is 13.9 Å². The minimum atomic E-state index is -0.553. The van der Waals surface area contributed by atoms with E-state index in [9.17, 15) is 9.18 Å². The number of aromatic nitrogens is 1. The van der Waals surface area contributed by atoms with Gasteiger partial charge in [-0.25, -0.2) is 4.39 Å². The molecule has 1 saturated carbocycles. The molecule has 1 aliphatic heterocycles. The molecule has 2 heterocycles. The second kappa shape index (κ2) is 4.98. The predicted octanol–water partition coefficient (Wildman–Crippen LogP) is 3.55. The Morgan fingerprint density at radius 2 is 2.22 bits per heavy atom. The van der Waals surface area contributed by atoms with Crippen molar-refractivity contribution in [2.75, 3.05) is 18.6 Å². The molecule has 6 heteroatoms. The topological polar surface area (TPSA) is 42.4 Å². The number of carbonyl (C=O) groups excluding carboxylic acids is 1. The number of pyridine rings is 1. The molecule has 23 heavy (non-hydrogen) atoms. The van der Waals surface area contributed by atoms with Gasteiger partial charge in [0.15, 0.2) is 0 Å². The number of ether oxygens (including phenoxy) is 1. The fourth-order valence-electron chi connectivity index (χ4n) is 3.92. The SMILES string of the molecule is CCOC1CC2(C1)C(=O)N(C)c1cnc3cc(F)c(Br)cc3c12. The second-order valence-corrected chi connectivity index (χ2v) is 7.09. The van der Waals surface area contributed by atoms with E-state index >= 15 is 0 Å². The molecular formula is C17H16BrFN2O2. The van der Waals surface area contributed by atoms with Gasteiger partial charge in [0.2, 0.25) is 5.91 Å². The van der Waals surface area contributed by atoms with Crippen LogP contribution >= 0.6 is 15.9 Å². The summed E-state index contributed by atoms with van der Waals surface area (Å²) in [5, 5.41) is 0.837. The molecular weight excluding hydrogens is 363 g/mol. The summed E-state index contributed by atoms with van der Waals surface area (Å²) in [7, 11) is 1.77. The molecule has 4 rings (SSSR count). The number of benzene rings is 1. The van der Waals surface area contributed by atoms with Crippen LogP contribution in [0.5, 0.6) is 0 Å². The first-order valence-corrected chi connectivity index (χ1v) is 8.45. The molecule has 0 unspecified atom stereocenters. The highest BCUT2D eigenvalue weighted by molar-refractivity contribution is 9.10. The maximum absolute atomic E-state index is 13.8. The molecule has 0 N–H and O–H groups in total. The third-order valence-corrected chi connectivity index (χ3v) is 5.61. The van der Waals surface area contributed by atoms with Crippen molar-refractivity contribution in [3.8, 4) is 0 Å². The summed E-state index contributed by atoms with van der Waals surface area (Å²) in [6.45, 7) is 2.60. The van der Waals surface area contributed by atoms with Gasteiger partial charge in [-0.15, -0.1) is 0 Å². The van der Waals surface area contributed by atoms with E-state index in [4.69, 9.17) is 4.74 Å². The number of rotatable bonds is 2. The lowest BCUT2D eigenvalue weighted by Gasteiger charge is -2.43. The predicted molar refractivity (Wildman–Crippen MR) is 89.1 cm³/mol. The van der Waals surface area contributed by atoms with Crippen LogP contribution in [0.15, 0.2) is 22.8 Å². The smallest absolute Gasteiger partial charge is 0.237 e. The van der Waals surface area contributed by atoms with Crippen molar-refractivity contribution in [3.63, 3.8) is 0 Å². The lowest BCUT2D eigenvalue weighted by atomic mass is 9.62. The summed E-state index contributed by atoms with van der Waals surface area (Å²) in [5.74, 6) is -0.268. The molecule has 4 nitrogen and oxygen atoms in total. The largest absolute Gasteiger partial charge is 0.378 e. The average molecular weight is 379 g/mol. The van der Waals surface area contributed by atoms with Crippen LogP contribution in [-0.2, 0) is 14.9 Å². The van der Waals surface area contributed by atoms with Gasteiger partial charge in [0.1, 0.15) is 5.82 Å². The Balaban J connectivity index is 1.93. The summed E-state index contributed by atoms with van der Waals surface area (Å²) in [6.07, 6.45) is 3.12. The van der Waals surface area contributed by atoms with Crippen molar-refractivity contribution >= 4 is 38.4 Å². The molecule has 1 amide bonds. The van der Waals surface area contributed by atoms with Gasteiger partial charge in [0, 0.05) is 30.7 Å². The van der Waals surface area contributed by atoms with Crippen molar-refractivity contribution in [2.45, 2.75) is 31.3 Å². The Kier molecular flexibility index (Phi) is 3.25. The van der Waals surface area contributed by atoms with Crippen LogP contribution in [0.3, 0.4) is 0 Å². The Morgan fingerprint density at radius 1 is 1.48 bits per heavy atom. The molecule has 0 bridgehead atoms. The number of hydrogen-bond donors (Lipinski definition) is 0. The first kappa shape index (κ1) is 15.0. The summed E-state index contributed by atoms with van der Waals surface area (Å²) in [5.41, 5.74) is 1.80. The molecule has 1 aromatic heterocycles. The van der Waals surface area contributed by atoms with Gasteiger partial charge in [0.05, 0.1) is 33.4 Å². The van der Waals surface area contributed by atoms with Crippen molar-refractivity contribution in [3.05, 3.63) is 34.2 Å². The van der Waals surface area contributed by atoms with Crippen molar-refractivity contribution in [1.82, 2.24) is 4.98 Å². The Hall–Kier alpha value is -1.53. The van der Waals surface area contributed by atoms with E-state index in [2.05, 4.69) is 20.9 Å². The van der Waals surface area contributed by atoms with E-state index in [0.717, 1.165) is 16.6 Å². The number of nitrogens with zero attached hydrogens (tertiary/aromatic N) is 2. The lowest BCUT2D eigenvalue weighted by molar-refractivity contribution is -0.133. The van der Waals surface area contributed by atoms with Crippen LogP contribution in [0.1, 0.15) is 25.3 Å². The molecule has 0 saturated heterocycles. The Labute approximate surface area is 141 Å². The third kappa shape index (κ3) is 1.91. The number of anilines is 1. The monoisotopic (exact) mass is 378 g/mol. The first-order chi connectivity index (χ1) is 11.0. The molecule has 1 spiro atoms. The summed E-state index contributed by atoms with van der Waals surface area (Å²) < 4.78 is 19.9. The van der Waals surface area contributed by atoms with E-state index in [1.54, 1.807) is 24.2 Å². The molecule has 0 atom stereocenters. The van der Waals surface area contributed by atoms with Crippen molar-refractivity contribution in [1.29, 1.82) is 0 Å². The zero-order valence-electron chi connectivity index (χ0n) is 12.9. The van der Waals surface area contributed by atoms with Crippen LogP contribution in [-0.4, -0.2) is 30.6 Å². The highest BCUT2D eigenvalue weighted by Gasteiger charge is 2.58. The van der Waals surface area contributed by atoms with E-state index in [1.165, 1.54) is 6.07 Å². The molecule has 1 fully saturated rings. The van der Waals surface area contributed by atoms with E-state index in [-0.39, 0.29) is 17.8 Å². The van der Waals surface area contributed by atoms with Crippen LogP contribution in [0.4, 0.5) is 10.1 Å². The number of amides is 1. The van der Waals surface area contributed by atoms with Crippen LogP contribution in [0.2, 0.25) is 0 Å². The molecule has 2 aliphatic rings. The number of halogens is 2. The summed E-state index contributed by atoms with van der Waals surface area (Å²) in [4.78, 5) is 18.9. The average Bonchev–Trinajstić information content (AvgIpc) is 2.71. The first-order valence-electron chi connectivity index (χ1n) is 7.66. The summed E-state index contributed by atoms with van der Waals surface area (Å²) >= 11 is 3.24. The fourth-order valence-corrected chi connectivity index (χ4v) is 4.26. The van der Waals surface area contributed by atoms with Gasteiger partial charge in [-0.05, 0) is 41.8 Å². The second-order valence-electron chi connectivity index (χ2n) is 6.23. The molecule has 2 aromatic rings. The van der Waals surface area contributed by atoms with Gasteiger partial charge >= 0.3 is 0 Å². The Bertz CT molecular complexity index is 833. The fraction of sp³-hybridized carbons (Fsp3) is 0.412. The van der Waals surface area contributed by atoms with Gasteiger partial charge in [-0.1, -0.05) is 0 Å².